The minimum absolute atomic E-state index is 0.121. The van der Waals surface area contributed by atoms with E-state index in [2.05, 4.69) is 10.4 Å². The highest BCUT2D eigenvalue weighted by Crippen LogP contribution is 2.27. The molecule has 1 saturated carbocycles. The number of amides is 3. The Bertz CT molecular complexity index is 834. The first-order chi connectivity index (χ1) is 14.9. The number of rotatable bonds is 3. The van der Waals surface area contributed by atoms with Crippen LogP contribution in [-0.2, 0) is 11.3 Å². The number of carbonyl (C=O) groups is 3. The van der Waals surface area contributed by atoms with Crippen LogP contribution in [0, 0.1) is 0 Å². The van der Waals surface area contributed by atoms with Crippen molar-refractivity contribution in [2.75, 3.05) is 20.1 Å². The van der Waals surface area contributed by atoms with Gasteiger partial charge in [0.25, 0.3) is 11.8 Å². The van der Waals surface area contributed by atoms with Gasteiger partial charge < -0.3 is 15.1 Å². The molecular formula is C23H35N5O3. The lowest BCUT2D eigenvalue weighted by atomic mass is 9.95. The van der Waals surface area contributed by atoms with Crippen LogP contribution < -0.4 is 5.32 Å². The molecule has 3 heterocycles. The van der Waals surface area contributed by atoms with Gasteiger partial charge in [0.05, 0.1) is 6.54 Å². The Balaban J connectivity index is 1.52. The molecule has 4 rings (SSSR count). The van der Waals surface area contributed by atoms with E-state index < -0.39 is 5.54 Å². The molecule has 3 amide bonds. The minimum atomic E-state index is -1.04. The second kappa shape index (κ2) is 9.01. The Labute approximate surface area is 184 Å². The normalized spacial score (nSPS) is 25.5. The zero-order valence-corrected chi connectivity index (χ0v) is 18.9. The molecule has 0 radical (unpaired) electrons. The fourth-order valence-corrected chi connectivity index (χ4v) is 5.03. The van der Waals surface area contributed by atoms with Gasteiger partial charge in [-0.3, -0.25) is 19.1 Å². The van der Waals surface area contributed by atoms with Crippen LogP contribution in [-0.4, -0.2) is 69.0 Å². The second-order valence-corrected chi connectivity index (χ2v) is 9.58. The average Bonchev–Trinajstić information content (AvgIpc) is 2.95. The van der Waals surface area contributed by atoms with Crippen molar-refractivity contribution in [1.29, 1.82) is 0 Å². The van der Waals surface area contributed by atoms with E-state index in [9.17, 15) is 14.4 Å². The van der Waals surface area contributed by atoms with Crippen molar-refractivity contribution in [1.82, 2.24) is 24.9 Å². The topological polar surface area (TPSA) is 87.5 Å². The summed E-state index contributed by atoms with van der Waals surface area (Å²) in [5.41, 5.74) is -0.363. The fraction of sp³-hybridized carbons (Fsp3) is 0.739. The molecular weight excluding hydrogens is 394 g/mol. The molecule has 1 atom stereocenters. The van der Waals surface area contributed by atoms with Crippen LogP contribution >= 0.6 is 0 Å². The van der Waals surface area contributed by atoms with E-state index >= 15 is 0 Å². The molecule has 0 bridgehead atoms. The van der Waals surface area contributed by atoms with Crippen LogP contribution in [0.2, 0.25) is 0 Å². The van der Waals surface area contributed by atoms with Crippen LogP contribution in [0.5, 0.6) is 0 Å². The number of carbonyl (C=O) groups excluding carboxylic acids is 3. The third kappa shape index (κ3) is 4.34. The Morgan fingerprint density at radius 1 is 1.03 bits per heavy atom. The van der Waals surface area contributed by atoms with Gasteiger partial charge in [-0.1, -0.05) is 38.5 Å². The molecule has 0 aromatic carbocycles. The predicted molar refractivity (Wildman–Crippen MR) is 117 cm³/mol. The van der Waals surface area contributed by atoms with E-state index in [1.165, 1.54) is 17.7 Å². The SMILES string of the molecule is CN1C(=O)c2cc(C(=O)N3CCCCCC3)nn2C[C@]1(C)C(=O)NC1CCCCCC1. The molecule has 2 aliphatic heterocycles. The summed E-state index contributed by atoms with van der Waals surface area (Å²) in [6, 6.07) is 1.75. The molecule has 3 aliphatic rings. The number of nitrogens with zero attached hydrogens (tertiary/aromatic N) is 4. The maximum absolute atomic E-state index is 13.3. The summed E-state index contributed by atoms with van der Waals surface area (Å²) < 4.78 is 1.56. The van der Waals surface area contributed by atoms with E-state index in [0.29, 0.717) is 11.4 Å². The molecule has 1 N–H and O–H groups in total. The quantitative estimate of drug-likeness (QED) is 0.748. The van der Waals surface area contributed by atoms with Gasteiger partial charge >= 0.3 is 0 Å². The summed E-state index contributed by atoms with van der Waals surface area (Å²) in [5, 5.41) is 7.67. The van der Waals surface area contributed by atoms with Crippen LogP contribution in [0.1, 0.15) is 92.1 Å². The van der Waals surface area contributed by atoms with E-state index in [0.717, 1.165) is 64.5 Å². The Hall–Kier alpha value is -2.38. The van der Waals surface area contributed by atoms with Gasteiger partial charge in [-0.05, 0) is 32.6 Å². The van der Waals surface area contributed by atoms with Crippen LogP contribution in [0.25, 0.3) is 0 Å². The zero-order valence-electron chi connectivity index (χ0n) is 18.9. The van der Waals surface area contributed by atoms with Gasteiger partial charge in [-0.2, -0.15) is 5.10 Å². The van der Waals surface area contributed by atoms with Crippen LogP contribution in [0.4, 0.5) is 0 Å². The minimum Gasteiger partial charge on any atom is -0.351 e. The number of fused-ring (bicyclic) bond motifs is 1. The Kier molecular flexibility index (Phi) is 6.34. The largest absolute Gasteiger partial charge is 0.351 e. The lowest BCUT2D eigenvalue weighted by molar-refractivity contribution is -0.133. The van der Waals surface area contributed by atoms with Crippen molar-refractivity contribution in [3.8, 4) is 0 Å². The lowest BCUT2D eigenvalue weighted by Gasteiger charge is -2.41. The highest BCUT2D eigenvalue weighted by Gasteiger charge is 2.47. The molecule has 1 saturated heterocycles. The number of likely N-dealkylation sites (tertiary alicyclic amines) is 1. The molecule has 8 nitrogen and oxygen atoms in total. The highest BCUT2D eigenvalue weighted by atomic mass is 16.2. The number of nitrogens with one attached hydrogen (secondary N) is 1. The second-order valence-electron chi connectivity index (χ2n) is 9.58. The maximum atomic E-state index is 13.3. The first kappa shape index (κ1) is 21.8. The third-order valence-corrected chi connectivity index (χ3v) is 7.29. The molecule has 8 heteroatoms. The summed E-state index contributed by atoms with van der Waals surface area (Å²) in [6.07, 6.45) is 10.9. The van der Waals surface area contributed by atoms with Crippen molar-refractivity contribution < 1.29 is 14.4 Å². The molecule has 1 aromatic rings. The van der Waals surface area contributed by atoms with E-state index in [1.807, 2.05) is 4.90 Å². The van der Waals surface area contributed by atoms with Gasteiger partial charge in [-0.15, -0.1) is 0 Å². The fourth-order valence-electron chi connectivity index (χ4n) is 5.03. The van der Waals surface area contributed by atoms with Crippen molar-refractivity contribution >= 4 is 17.7 Å². The average molecular weight is 430 g/mol. The Morgan fingerprint density at radius 2 is 1.65 bits per heavy atom. The van der Waals surface area contributed by atoms with E-state index in [4.69, 9.17) is 0 Å². The Morgan fingerprint density at radius 3 is 2.29 bits per heavy atom. The van der Waals surface area contributed by atoms with Gasteiger partial charge in [-0.25, -0.2) is 0 Å². The highest BCUT2D eigenvalue weighted by molar-refractivity contribution is 6.01. The van der Waals surface area contributed by atoms with Crippen LogP contribution in [0.15, 0.2) is 6.07 Å². The van der Waals surface area contributed by atoms with E-state index in [1.54, 1.807) is 24.7 Å². The zero-order chi connectivity index (χ0) is 22.0. The summed E-state index contributed by atoms with van der Waals surface area (Å²) in [6.45, 7) is 3.50. The summed E-state index contributed by atoms with van der Waals surface area (Å²) in [7, 11) is 1.67. The molecule has 1 aliphatic carbocycles. The summed E-state index contributed by atoms with van der Waals surface area (Å²) in [5.74, 6) is -0.534. The first-order valence-corrected chi connectivity index (χ1v) is 11.9. The number of aromatic nitrogens is 2. The van der Waals surface area contributed by atoms with Gasteiger partial charge in [0.2, 0.25) is 5.91 Å². The van der Waals surface area contributed by atoms with Gasteiger partial charge in [0.1, 0.15) is 11.2 Å². The standard InChI is InChI=1S/C23H35N5O3/c1-23(22(31)24-17-11-7-3-4-8-12-17)16-28-19(21(30)26(23)2)15-18(25-28)20(29)27-13-9-5-6-10-14-27/h15,17H,3-14,16H2,1-2H3,(H,24,31)/t23-/m1/s1. The van der Waals surface area contributed by atoms with Gasteiger partial charge in [0, 0.05) is 32.2 Å². The lowest BCUT2D eigenvalue weighted by Crippen LogP contribution is -2.63. The smallest absolute Gasteiger partial charge is 0.274 e. The first-order valence-electron chi connectivity index (χ1n) is 11.9. The number of likely N-dealkylation sites (N-methyl/N-ethyl adjacent to an activating group) is 1. The van der Waals surface area contributed by atoms with Crippen molar-refractivity contribution in [2.45, 2.75) is 89.3 Å². The monoisotopic (exact) mass is 429 g/mol. The number of hydrogen-bond acceptors (Lipinski definition) is 4. The third-order valence-electron chi connectivity index (χ3n) is 7.29. The summed E-state index contributed by atoms with van der Waals surface area (Å²) in [4.78, 5) is 42.7. The molecule has 0 spiro atoms. The van der Waals surface area contributed by atoms with Crippen molar-refractivity contribution in [3.63, 3.8) is 0 Å². The van der Waals surface area contributed by atoms with Gasteiger partial charge in [0.15, 0.2) is 5.69 Å². The van der Waals surface area contributed by atoms with Crippen molar-refractivity contribution in [3.05, 3.63) is 17.5 Å². The van der Waals surface area contributed by atoms with E-state index in [-0.39, 0.29) is 30.3 Å². The van der Waals surface area contributed by atoms with Crippen molar-refractivity contribution in [2.24, 2.45) is 0 Å². The molecule has 170 valence electrons. The molecule has 31 heavy (non-hydrogen) atoms. The predicted octanol–water partition coefficient (Wildman–Crippen LogP) is 2.58. The molecule has 2 fully saturated rings. The maximum Gasteiger partial charge on any atom is 0.274 e. The molecule has 0 unspecified atom stereocenters. The number of hydrogen-bond donors (Lipinski definition) is 1. The van der Waals surface area contributed by atoms with Crippen LogP contribution in [0.3, 0.4) is 0 Å². The summed E-state index contributed by atoms with van der Waals surface area (Å²) >= 11 is 0. The molecule has 1 aromatic heterocycles.